The largest absolute Gasteiger partial charge is 0.312 e. The lowest BCUT2D eigenvalue weighted by Crippen LogP contribution is -2.19. The topological polar surface area (TPSA) is 78.0 Å². The van der Waals surface area contributed by atoms with Crippen LogP contribution >= 0.6 is 0 Å². The Hall–Kier alpha value is -2.50. The molecule has 0 amide bonds. The molecular formula is C18H23N3O3. The highest BCUT2D eigenvalue weighted by Crippen LogP contribution is 2.27. The SMILES string of the molecule is Cc1nn(C(C)C(=O)c2ccc(C(C)(C)C)cc2)c(C)c1[N+](=O)[O-]. The monoisotopic (exact) mass is 329 g/mol. The molecule has 0 aliphatic heterocycles. The van der Waals surface area contributed by atoms with E-state index in [1.807, 2.05) is 12.1 Å². The molecule has 2 rings (SSSR count). The Balaban J connectivity index is 2.34. The highest BCUT2D eigenvalue weighted by molar-refractivity contribution is 5.98. The van der Waals surface area contributed by atoms with E-state index in [1.165, 1.54) is 4.68 Å². The van der Waals surface area contributed by atoms with Gasteiger partial charge in [-0.1, -0.05) is 45.0 Å². The molecule has 0 spiro atoms. The summed E-state index contributed by atoms with van der Waals surface area (Å²) in [6.45, 7) is 11.2. The first-order chi connectivity index (χ1) is 11.0. The zero-order valence-electron chi connectivity index (χ0n) is 15.0. The quantitative estimate of drug-likeness (QED) is 0.479. The number of Topliss-reactive ketones (excluding diaryl/α,β-unsaturated/α-hetero) is 1. The van der Waals surface area contributed by atoms with E-state index in [0.717, 1.165) is 5.56 Å². The maximum Gasteiger partial charge on any atom is 0.312 e. The normalized spacial score (nSPS) is 12.9. The molecule has 0 aliphatic carbocycles. The lowest BCUT2D eigenvalue weighted by molar-refractivity contribution is -0.386. The van der Waals surface area contributed by atoms with Crippen LogP contribution in [0, 0.1) is 24.0 Å². The van der Waals surface area contributed by atoms with Crippen LogP contribution in [0.1, 0.15) is 61.0 Å². The number of ketones is 1. The van der Waals surface area contributed by atoms with Gasteiger partial charge in [0.25, 0.3) is 0 Å². The van der Waals surface area contributed by atoms with Crippen LogP contribution in [0.3, 0.4) is 0 Å². The maximum atomic E-state index is 12.7. The van der Waals surface area contributed by atoms with Gasteiger partial charge in [-0.05, 0) is 31.7 Å². The fourth-order valence-corrected chi connectivity index (χ4v) is 2.78. The second kappa shape index (κ2) is 6.19. The summed E-state index contributed by atoms with van der Waals surface area (Å²) >= 11 is 0. The number of aromatic nitrogens is 2. The first-order valence-corrected chi connectivity index (χ1v) is 7.89. The van der Waals surface area contributed by atoms with Gasteiger partial charge < -0.3 is 0 Å². The van der Waals surface area contributed by atoms with E-state index in [9.17, 15) is 14.9 Å². The van der Waals surface area contributed by atoms with Gasteiger partial charge in [-0.25, -0.2) is 0 Å². The van der Waals surface area contributed by atoms with Crippen LogP contribution in [0.25, 0.3) is 0 Å². The Morgan fingerprint density at radius 3 is 2.17 bits per heavy atom. The molecule has 1 aromatic carbocycles. The van der Waals surface area contributed by atoms with Crippen LogP contribution in [-0.2, 0) is 5.41 Å². The van der Waals surface area contributed by atoms with Crippen molar-refractivity contribution < 1.29 is 9.72 Å². The summed E-state index contributed by atoms with van der Waals surface area (Å²) in [6.07, 6.45) is 0. The first kappa shape index (κ1) is 17.8. The molecule has 6 nitrogen and oxygen atoms in total. The summed E-state index contributed by atoms with van der Waals surface area (Å²) in [4.78, 5) is 23.4. The minimum absolute atomic E-state index is 0.0174. The van der Waals surface area contributed by atoms with E-state index >= 15 is 0 Å². The molecule has 0 N–H and O–H groups in total. The van der Waals surface area contributed by atoms with E-state index in [2.05, 4.69) is 25.9 Å². The molecule has 2 aromatic rings. The molecule has 24 heavy (non-hydrogen) atoms. The van der Waals surface area contributed by atoms with Gasteiger partial charge in [0, 0.05) is 5.56 Å². The van der Waals surface area contributed by atoms with E-state index in [-0.39, 0.29) is 16.9 Å². The number of nitrogens with zero attached hydrogens (tertiary/aromatic N) is 3. The Morgan fingerprint density at radius 1 is 1.21 bits per heavy atom. The summed E-state index contributed by atoms with van der Waals surface area (Å²) < 4.78 is 1.44. The summed E-state index contributed by atoms with van der Waals surface area (Å²) in [5, 5.41) is 15.3. The fraction of sp³-hybridized carbons (Fsp3) is 0.444. The van der Waals surface area contributed by atoms with Crippen molar-refractivity contribution in [2.75, 3.05) is 0 Å². The maximum absolute atomic E-state index is 12.7. The van der Waals surface area contributed by atoms with Gasteiger partial charge in [-0.3, -0.25) is 19.6 Å². The van der Waals surface area contributed by atoms with E-state index in [4.69, 9.17) is 0 Å². The molecule has 1 heterocycles. The highest BCUT2D eigenvalue weighted by atomic mass is 16.6. The highest BCUT2D eigenvalue weighted by Gasteiger charge is 2.27. The molecule has 0 fully saturated rings. The fourth-order valence-electron chi connectivity index (χ4n) is 2.78. The lowest BCUT2D eigenvalue weighted by Gasteiger charge is -2.19. The summed E-state index contributed by atoms with van der Waals surface area (Å²) in [7, 11) is 0. The Kier molecular flexibility index (Phi) is 4.60. The predicted molar refractivity (Wildman–Crippen MR) is 92.5 cm³/mol. The number of carbonyl (C=O) groups excluding carboxylic acids is 1. The number of aryl methyl sites for hydroxylation is 1. The smallest absolute Gasteiger partial charge is 0.292 e. The lowest BCUT2D eigenvalue weighted by atomic mass is 9.86. The summed E-state index contributed by atoms with van der Waals surface area (Å²) in [6, 6.07) is 6.91. The van der Waals surface area contributed by atoms with Gasteiger partial charge in [-0.15, -0.1) is 0 Å². The molecule has 1 unspecified atom stereocenters. The van der Waals surface area contributed by atoms with Crippen molar-refractivity contribution in [3.8, 4) is 0 Å². The van der Waals surface area contributed by atoms with Gasteiger partial charge in [0.05, 0.1) is 4.92 Å². The molecule has 0 saturated carbocycles. The second-order valence-corrected chi connectivity index (χ2v) is 7.09. The van der Waals surface area contributed by atoms with Crippen LogP contribution in [0.2, 0.25) is 0 Å². The van der Waals surface area contributed by atoms with Crippen molar-refractivity contribution >= 4 is 11.5 Å². The number of carbonyl (C=O) groups is 1. The van der Waals surface area contributed by atoms with Crippen LogP contribution in [-0.4, -0.2) is 20.5 Å². The third-order valence-electron chi connectivity index (χ3n) is 4.25. The Bertz CT molecular complexity index is 783. The van der Waals surface area contributed by atoms with E-state index < -0.39 is 11.0 Å². The number of benzene rings is 1. The zero-order valence-corrected chi connectivity index (χ0v) is 15.0. The second-order valence-electron chi connectivity index (χ2n) is 7.09. The van der Waals surface area contributed by atoms with Crippen molar-refractivity contribution in [1.82, 2.24) is 9.78 Å². The predicted octanol–water partition coefficient (Wildman–Crippen LogP) is 4.15. The van der Waals surface area contributed by atoms with Crippen molar-refractivity contribution in [3.63, 3.8) is 0 Å². The van der Waals surface area contributed by atoms with Gasteiger partial charge in [0.1, 0.15) is 17.4 Å². The molecule has 0 saturated heterocycles. The standard InChI is InChI=1S/C18H23N3O3/c1-11-16(21(23)24)12(2)20(19-11)13(3)17(22)14-7-9-15(10-8-14)18(4,5)6/h7-10,13H,1-6H3. The average Bonchev–Trinajstić information content (AvgIpc) is 2.80. The van der Waals surface area contributed by atoms with Crippen molar-refractivity contribution in [1.29, 1.82) is 0 Å². The van der Waals surface area contributed by atoms with Crippen LogP contribution < -0.4 is 0 Å². The molecule has 0 bridgehead atoms. The minimum Gasteiger partial charge on any atom is -0.292 e. The molecule has 0 aliphatic rings. The third-order valence-corrected chi connectivity index (χ3v) is 4.25. The number of hydrogen-bond donors (Lipinski definition) is 0. The van der Waals surface area contributed by atoms with E-state index in [0.29, 0.717) is 17.0 Å². The molecule has 1 aromatic heterocycles. The Labute approximate surface area is 141 Å². The van der Waals surface area contributed by atoms with Gasteiger partial charge in [-0.2, -0.15) is 5.10 Å². The molecule has 128 valence electrons. The number of nitro groups is 1. The molecule has 6 heteroatoms. The van der Waals surface area contributed by atoms with Gasteiger partial charge in [0.15, 0.2) is 5.78 Å². The van der Waals surface area contributed by atoms with Crippen LogP contribution in [0.4, 0.5) is 5.69 Å². The van der Waals surface area contributed by atoms with Crippen LogP contribution in [0.5, 0.6) is 0 Å². The minimum atomic E-state index is -0.599. The van der Waals surface area contributed by atoms with Crippen molar-refractivity contribution in [2.24, 2.45) is 0 Å². The third kappa shape index (κ3) is 3.22. The molecule has 0 radical (unpaired) electrons. The number of hydrogen-bond acceptors (Lipinski definition) is 4. The zero-order chi connectivity index (χ0) is 18.2. The molecule has 1 atom stereocenters. The molecular weight excluding hydrogens is 306 g/mol. The Morgan fingerprint density at radius 2 is 1.75 bits per heavy atom. The van der Waals surface area contributed by atoms with E-state index in [1.54, 1.807) is 32.9 Å². The van der Waals surface area contributed by atoms with Gasteiger partial charge in [0.2, 0.25) is 0 Å². The van der Waals surface area contributed by atoms with Crippen LogP contribution in [0.15, 0.2) is 24.3 Å². The summed E-state index contributed by atoms with van der Waals surface area (Å²) in [5.74, 6) is -0.115. The van der Waals surface area contributed by atoms with Gasteiger partial charge >= 0.3 is 5.69 Å². The summed E-state index contributed by atoms with van der Waals surface area (Å²) in [5.41, 5.74) is 2.42. The number of rotatable bonds is 4. The van der Waals surface area contributed by atoms with Crippen molar-refractivity contribution in [3.05, 3.63) is 56.9 Å². The van der Waals surface area contributed by atoms with Crippen molar-refractivity contribution in [2.45, 2.75) is 53.0 Å². The average molecular weight is 329 g/mol. The first-order valence-electron chi connectivity index (χ1n) is 7.89.